The smallest absolute Gasteiger partial charge is 0.367 e. The molecular formula is C23H31NO6S2. The van der Waals surface area contributed by atoms with Crippen molar-refractivity contribution in [1.82, 2.24) is 5.48 Å². The van der Waals surface area contributed by atoms with Gasteiger partial charge < -0.3 is 9.57 Å². The number of sulfone groups is 1. The fraction of sp³-hybridized carbons (Fsp3) is 0.652. The molecule has 2 atom stereocenters. The first-order valence-electron chi connectivity index (χ1n) is 11.3. The SMILES string of the molecule is C[C@H](CS)C(=O)O[C@@H](CS(=O)(=O)c1ccccc1)C(=O)ONC12CC3CC(CC(C3)C1)C2. The molecule has 0 aliphatic heterocycles. The molecule has 4 aliphatic rings. The Morgan fingerprint density at radius 2 is 1.62 bits per heavy atom. The van der Waals surface area contributed by atoms with Crippen LogP contribution in [0.25, 0.3) is 0 Å². The van der Waals surface area contributed by atoms with Gasteiger partial charge in [0.15, 0.2) is 9.84 Å². The second kappa shape index (κ2) is 9.35. The molecule has 4 saturated carbocycles. The maximum atomic E-state index is 12.9. The summed E-state index contributed by atoms with van der Waals surface area (Å²) >= 11 is 4.09. The van der Waals surface area contributed by atoms with Crippen LogP contribution in [0.3, 0.4) is 0 Å². The van der Waals surface area contributed by atoms with E-state index in [0.29, 0.717) is 17.8 Å². The number of hydroxylamine groups is 1. The molecule has 1 aromatic carbocycles. The molecular weight excluding hydrogens is 450 g/mol. The lowest BCUT2D eigenvalue weighted by molar-refractivity contribution is -0.182. The molecule has 4 aliphatic carbocycles. The number of nitrogens with one attached hydrogen (secondary N) is 1. The molecule has 0 radical (unpaired) electrons. The van der Waals surface area contributed by atoms with E-state index in [1.165, 1.54) is 31.4 Å². The van der Waals surface area contributed by atoms with Crippen LogP contribution in [0.4, 0.5) is 0 Å². The van der Waals surface area contributed by atoms with Crippen LogP contribution in [0.15, 0.2) is 35.2 Å². The lowest BCUT2D eigenvalue weighted by Crippen LogP contribution is -2.59. The van der Waals surface area contributed by atoms with Crippen LogP contribution in [-0.2, 0) is 29.0 Å². The Labute approximate surface area is 194 Å². The van der Waals surface area contributed by atoms with E-state index < -0.39 is 39.6 Å². The van der Waals surface area contributed by atoms with Crippen LogP contribution in [0.5, 0.6) is 0 Å². The summed E-state index contributed by atoms with van der Waals surface area (Å²) in [7, 11) is -3.87. The predicted octanol–water partition coefficient (Wildman–Crippen LogP) is 2.95. The van der Waals surface area contributed by atoms with Crippen molar-refractivity contribution >= 4 is 34.4 Å². The van der Waals surface area contributed by atoms with Crippen molar-refractivity contribution in [2.24, 2.45) is 23.7 Å². The van der Waals surface area contributed by atoms with Gasteiger partial charge in [-0.05, 0) is 68.4 Å². The molecule has 32 heavy (non-hydrogen) atoms. The Morgan fingerprint density at radius 1 is 1.06 bits per heavy atom. The summed E-state index contributed by atoms with van der Waals surface area (Å²) in [6, 6.07) is 7.80. The van der Waals surface area contributed by atoms with Gasteiger partial charge in [-0.3, -0.25) is 4.79 Å². The van der Waals surface area contributed by atoms with Gasteiger partial charge in [-0.15, -0.1) is 5.48 Å². The number of thiol groups is 1. The molecule has 0 heterocycles. The number of carbonyl (C=O) groups excluding carboxylic acids is 2. The monoisotopic (exact) mass is 481 g/mol. The van der Waals surface area contributed by atoms with Crippen molar-refractivity contribution < 1.29 is 27.6 Å². The van der Waals surface area contributed by atoms with Gasteiger partial charge in [-0.1, -0.05) is 25.1 Å². The molecule has 4 bridgehead atoms. The molecule has 0 unspecified atom stereocenters. The average molecular weight is 482 g/mol. The van der Waals surface area contributed by atoms with E-state index in [1.54, 1.807) is 25.1 Å². The molecule has 0 aromatic heterocycles. The average Bonchev–Trinajstić information content (AvgIpc) is 2.76. The molecule has 0 saturated heterocycles. The minimum absolute atomic E-state index is 0.0603. The van der Waals surface area contributed by atoms with Gasteiger partial charge >= 0.3 is 11.9 Å². The third-order valence-electron chi connectivity index (χ3n) is 7.08. The number of hydrogen-bond acceptors (Lipinski definition) is 8. The van der Waals surface area contributed by atoms with E-state index in [9.17, 15) is 18.0 Å². The molecule has 7 nitrogen and oxygen atoms in total. The van der Waals surface area contributed by atoms with Crippen LogP contribution in [0, 0.1) is 23.7 Å². The summed E-state index contributed by atoms with van der Waals surface area (Å²) in [5.74, 6) is -0.660. The van der Waals surface area contributed by atoms with Gasteiger partial charge in [-0.25, -0.2) is 13.2 Å². The number of ether oxygens (including phenoxy) is 1. The Hall–Kier alpha value is -1.58. The molecule has 0 amide bonds. The number of rotatable bonds is 9. The number of hydrogen-bond donors (Lipinski definition) is 2. The summed E-state index contributed by atoms with van der Waals surface area (Å²) in [6.07, 6.45) is 5.03. The highest BCUT2D eigenvalue weighted by Gasteiger charge is 2.52. The van der Waals surface area contributed by atoms with Crippen molar-refractivity contribution in [3.05, 3.63) is 30.3 Å². The molecule has 4 fully saturated rings. The lowest BCUT2D eigenvalue weighted by atomic mass is 9.53. The highest BCUT2D eigenvalue weighted by Crippen LogP contribution is 2.55. The second-order valence-electron chi connectivity index (χ2n) is 9.82. The van der Waals surface area contributed by atoms with E-state index >= 15 is 0 Å². The van der Waals surface area contributed by atoms with E-state index in [0.717, 1.165) is 19.3 Å². The molecule has 1 aromatic rings. The number of carbonyl (C=O) groups is 2. The van der Waals surface area contributed by atoms with Crippen molar-refractivity contribution in [3.8, 4) is 0 Å². The molecule has 0 spiro atoms. The van der Waals surface area contributed by atoms with Crippen molar-refractivity contribution in [2.75, 3.05) is 11.5 Å². The van der Waals surface area contributed by atoms with Gasteiger partial charge in [0, 0.05) is 5.75 Å². The highest BCUT2D eigenvalue weighted by atomic mass is 32.2. The molecule has 176 valence electrons. The first-order valence-corrected chi connectivity index (χ1v) is 13.6. The largest absolute Gasteiger partial charge is 0.449 e. The first-order chi connectivity index (χ1) is 15.2. The van der Waals surface area contributed by atoms with Crippen molar-refractivity contribution in [3.63, 3.8) is 0 Å². The number of benzene rings is 1. The van der Waals surface area contributed by atoms with E-state index in [-0.39, 0.29) is 16.2 Å². The fourth-order valence-electron chi connectivity index (χ4n) is 5.86. The lowest BCUT2D eigenvalue weighted by Gasteiger charge is -2.56. The van der Waals surface area contributed by atoms with Crippen molar-refractivity contribution in [1.29, 1.82) is 0 Å². The quantitative estimate of drug-likeness (QED) is 0.318. The first kappa shape index (κ1) is 23.6. The van der Waals surface area contributed by atoms with E-state index in [2.05, 4.69) is 18.1 Å². The minimum atomic E-state index is -3.87. The Kier molecular flexibility index (Phi) is 6.89. The van der Waals surface area contributed by atoms with Gasteiger partial charge in [0.25, 0.3) is 0 Å². The van der Waals surface area contributed by atoms with E-state index in [4.69, 9.17) is 9.57 Å². The topological polar surface area (TPSA) is 98.8 Å². The minimum Gasteiger partial charge on any atom is -0.449 e. The zero-order valence-electron chi connectivity index (χ0n) is 18.2. The maximum Gasteiger partial charge on any atom is 0.367 e. The van der Waals surface area contributed by atoms with Crippen LogP contribution in [-0.4, -0.2) is 43.5 Å². The zero-order chi connectivity index (χ0) is 22.9. The second-order valence-corrected chi connectivity index (χ2v) is 12.2. The molecule has 1 N–H and O–H groups in total. The summed E-state index contributed by atoms with van der Waals surface area (Å²) in [4.78, 5) is 30.8. The van der Waals surface area contributed by atoms with Crippen LogP contribution >= 0.6 is 12.6 Å². The molecule has 5 rings (SSSR count). The zero-order valence-corrected chi connectivity index (χ0v) is 19.9. The van der Waals surface area contributed by atoms with Crippen LogP contribution in [0.1, 0.15) is 45.4 Å². The Bertz CT molecular complexity index is 913. The molecule has 9 heteroatoms. The standard InChI is InChI=1S/C23H31NO6S2/c1-15(13-31)21(25)29-20(14-32(27,28)19-5-3-2-4-6-19)22(26)30-24-23-10-16-7-17(11-23)9-18(8-16)12-23/h2-6,15-18,20,24,31H,7-14H2,1H3/t15-,16?,17?,18?,20+,23?/m1/s1. The van der Waals surface area contributed by atoms with Gasteiger partial charge in [0.05, 0.1) is 16.4 Å². The fourth-order valence-corrected chi connectivity index (χ4v) is 7.38. The summed E-state index contributed by atoms with van der Waals surface area (Å²) < 4.78 is 31.0. The normalized spacial score (nSPS) is 30.5. The summed E-state index contributed by atoms with van der Waals surface area (Å²) in [6.45, 7) is 1.61. The van der Waals surface area contributed by atoms with Crippen molar-refractivity contribution in [2.45, 2.75) is 62.0 Å². The number of esters is 1. The Balaban J connectivity index is 1.46. The van der Waals surface area contributed by atoms with Crippen LogP contribution < -0.4 is 5.48 Å². The van der Waals surface area contributed by atoms with E-state index in [1.807, 2.05) is 0 Å². The highest BCUT2D eigenvalue weighted by molar-refractivity contribution is 7.91. The Morgan fingerprint density at radius 3 is 2.16 bits per heavy atom. The summed E-state index contributed by atoms with van der Waals surface area (Å²) in [5, 5.41) is 0. The predicted molar refractivity (Wildman–Crippen MR) is 122 cm³/mol. The maximum absolute atomic E-state index is 12.9. The third kappa shape index (κ3) is 5.15. The van der Waals surface area contributed by atoms with Gasteiger partial charge in [0.2, 0.25) is 6.10 Å². The van der Waals surface area contributed by atoms with Gasteiger partial charge in [0.1, 0.15) is 5.75 Å². The van der Waals surface area contributed by atoms with Crippen LogP contribution in [0.2, 0.25) is 0 Å². The third-order valence-corrected chi connectivity index (χ3v) is 9.36. The summed E-state index contributed by atoms with van der Waals surface area (Å²) in [5.41, 5.74) is 2.74. The van der Waals surface area contributed by atoms with Gasteiger partial charge in [-0.2, -0.15) is 12.6 Å².